The SMILES string of the molecule is CCCCCCCCCCOC(=O)C(C)NC. The van der Waals surface area contributed by atoms with Gasteiger partial charge in [0.1, 0.15) is 6.04 Å². The fraction of sp³-hybridized carbons (Fsp3) is 0.929. The lowest BCUT2D eigenvalue weighted by molar-refractivity contribution is -0.145. The highest BCUT2D eigenvalue weighted by molar-refractivity contribution is 5.75. The number of esters is 1. The zero-order valence-corrected chi connectivity index (χ0v) is 11.8. The van der Waals surface area contributed by atoms with E-state index in [9.17, 15) is 4.79 Å². The first-order valence-corrected chi connectivity index (χ1v) is 7.06. The largest absolute Gasteiger partial charge is 0.465 e. The Labute approximate surface area is 106 Å². The van der Waals surface area contributed by atoms with Gasteiger partial charge in [0, 0.05) is 0 Å². The highest BCUT2D eigenvalue weighted by Gasteiger charge is 2.10. The molecule has 0 aromatic heterocycles. The van der Waals surface area contributed by atoms with Gasteiger partial charge in [-0.3, -0.25) is 4.79 Å². The Bertz CT molecular complexity index is 183. The Morgan fingerprint density at radius 1 is 1.06 bits per heavy atom. The maximum absolute atomic E-state index is 11.3. The molecule has 0 aromatic rings. The molecule has 0 heterocycles. The van der Waals surface area contributed by atoms with E-state index in [1.807, 2.05) is 6.92 Å². The lowest BCUT2D eigenvalue weighted by Gasteiger charge is -2.09. The van der Waals surface area contributed by atoms with Crippen molar-refractivity contribution in [1.29, 1.82) is 0 Å². The monoisotopic (exact) mass is 243 g/mol. The molecular weight excluding hydrogens is 214 g/mol. The van der Waals surface area contributed by atoms with Crippen molar-refractivity contribution in [3.05, 3.63) is 0 Å². The normalized spacial score (nSPS) is 12.4. The predicted octanol–water partition coefficient (Wildman–Crippen LogP) is 3.28. The van der Waals surface area contributed by atoms with Crippen LogP contribution in [0.1, 0.15) is 65.2 Å². The molecule has 0 fully saturated rings. The lowest BCUT2D eigenvalue weighted by atomic mass is 10.1. The van der Waals surface area contributed by atoms with E-state index in [4.69, 9.17) is 4.74 Å². The molecule has 1 unspecified atom stereocenters. The second kappa shape index (κ2) is 11.9. The Morgan fingerprint density at radius 3 is 2.12 bits per heavy atom. The first kappa shape index (κ1) is 16.4. The van der Waals surface area contributed by atoms with Crippen molar-refractivity contribution < 1.29 is 9.53 Å². The van der Waals surface area contributed by atoms with Crippen molar-refractivity contribution in [2.75, 3.05) is 13.7 Å². The molecule has 0 amide bonds. The Hall–Kier alpha value is -0.570. The summed E-state index contributed by atoms with van der Waals surface area (Å²) in [6.45, 7) is 4.62. The third kappa shape index (κ3) is 10.3. The molecule has 1 N–H and O–H groups in total. The highest BCUT2D eigenvalue weighted by Crippen LogP contribution is 2.08. The first-order chi connectivity index (χ1) is 8.22. The third-order valence-electron chi connectivity index (χ3n) is 3.03. The van der Waals surface area contributed by atoms with E-state index < -0.39 is 0 Å². The predicted molar refractivity (Wildman–Crippen MR) is 72.1 cm³/mol. The Kier molecular flexibility index (Phi) is 11.5. The number of carbonyl (C=O) groups is 1. The Balaban J connectivity index is 3.16. The minimum atomic E-state index is -0.191. The molecule has 0 rings (SSSR count). The molecule has 0 aliphatic carbocycles. The van der Waals surface area contributed by atoms with Gasteiger partial charge in [0.2, 0.25) is 0 Å². The van der Waals surface area contributed by atoms with Gasteiger partial charge in [-0.25, -0.2) is 0 Å². The molecule has 0 aliphatic heterocycles. The van der Waals surface area contributed by atoms with E-state index in [2.05, 4.69) is 12.2 Å². The molecule has 1 atom stereocenters. The van der Waals surface area contributed by atoms with Gasteiger partial charge < -0.3 is 10.1 Å². The standard InChI is InChI=1S/C14H29NO2/c1-4-5-6-7-8-9-10-11-12-17-14(16)13(2)15-3/h13,15H,4-12H2,1-3H3. The van der Waals surface area contributed by atoms with Crippen molar-refractivity contribution in [1.82, 2.24) is 5.32 Å². The van der Waals surface area contributed by atoms with E-state index >= 15 is 0 Å². The number of hydrogen-bond donors (Lipinski definition) is 1. The van der Waals surface area contributed by atoms with E-state index in [1.54, 1.807) is 7.05 Å². The van der Waals surface area contributed by atoms with E-state index in [0.717, 1.165) is 6.42 Å². The van der Waals surface area contributed by atoms with Crippen LogP contribution in [0, 0.1) is 0 Å². The maximum atomic E-state index is 11.3. The summed E-state index contributed by atoms with van der Waals surface area (Å²) in [5.41, 5.74) is 0. The zero-order chi connectivity index (χ0) is 12.9. The highest BCUT2D eigenvalue weighted by atomic mass is 16.5. The Morgan fingerprint density at radius 2 is 1.59 bits per heavy atom. The second-order valence-corrected chi connectivity index (χ2v) is 4.65. The summed E-state index contributed by atoms with van der Waals surface area (Å²) in [6.07, 6.45) is 10.1. The van der Waals surface area contributed by atoms with Crippen molar-refractivity contribution in [3.63, 3.8) is 0 Å². The van der Waals surface area contributed by atoms with Gasteiger partial charge >= 0.3 is 5.97 Å². The van der Waals surface area contributed by atoms with E-state index in [0.29, 0.717) is 6.61 Å². The molecule has 3 nitrogen and oxygen atoms in total. The van der Waals surface area contributed by atoms with Crippen molar-refractivity contribution in [3.8, 4) is 0 Å². The minimum Gasteiger partial charge on any atom is -0.465 e. The maximum Gasteiger partial charge on any atom is 0.322 e. The van der Waals surface area contributed by atoms with Crippen LogP contribution in [0.4, 0.5) is 0 Å². The van der Waals surface area contributed by atoms with Crippen LogP contribution in [0.15, 0.2) is 0 Å². The average molecular weight is 243 g/mol. The minimum absolute atomic E-state index is 0.143. The van der Waals surface area contributed by atoms with E-state index in [-0.39, 0.29) is 12.0 Å². The fourth-order valence-electron chi connectivity index (χ4n) is 1.65. The van der Waals surface area contributed by atoms with Crippen LogP contribution in [-0.2, 0) is 9.53 Å². The molecule has 0 radical (unpaired) electrons. The molecule has 17 heavy (non-hydrogen) atoms. The summed E-state index contributed by atoms with van der Waals surface area (Å²) < 4.78 is 5.14. The quantitative estimate of drug-likeness (QED) is 0.447. The van der Waals surface area contributed by atoms with Crippen molar-refractivity contribution in [2.45, 2.75) is 71.3 Å². The summed E-state index contributed by atoms with van der Waals surface area (Å²) in [4.78, 5) is 11.3. The second-order valence-electron chi connectivity index (χ2n) is 4.65. The van der Waals surface area contributed by atoms with Crippen LogP contribution in [0.5, 0.6) is 0 Å². The van der Waals surface area contributed by atoms with Crippen LogP contribution >= 0.6 is 0 Å². The van der Waals surface area contributed by atoms with Crippen LogP contribution in [-0.4, -0.2) is 25.7 Å². The zero-order valence-electron chi connectivity index (χ0n) is 11.8. The van der Waals surface area contributed by atoms with Gasteiger partial charge in [0.15, 0.2) is 0 Å². The van der Waals surface area contributed by atoms with Crippen LogP contribution in [0.2, 0.25) is 0 Å². The summed E-state index contributed by atoms with van der Waals surface area (Å²) in [5, 5.41) is 2.87. The van der Waals surface area contributed by atoms with Crippen LogP contribution in [0.3, 0.4) is 0 Å². The van der Waals surface area contributed by atoms with Crippen molar-refractivity contribution in [2.24, 2.45) is 0 Å². The summed E-state index contributed by atoms with van der Waals surface area (Å²) in [7, 11) is 1.77. The summed E-state index contributed by atoms with van der Waals surface area (Å²) in [5.74, 6) is -0.143. The topological polar surface area (TPSA) is 38.3 Å². The number of ether oxygens (including phenoxy) is 1. The van der Waals surface area contributed by atoms with Gasteiger partial charge in [-0.15, -0.1) is 0 Å². The molecule has 0 saturated heterocycles. The molecule has 0 aliphatic rings. The number of hydrogen-bond acceptors (Lipinski definition) is 3. The smallest absolute Gasteiger partial charge is 0.322 e. The number of nitrogens with one attached hydrogen (secondary N) is 1. The fourth-order valence-corrected chi connectivity index (χ4v) is 1.65. The molecule has 0 bridgehead atoms. The number of likely N-dealkylation sites (N-methyl/N-ethyl adjacent to an activating group) is 1. The van der Waals surface area contributed by atoms with Crippen LogP contribution in [0.25, 0.3) is 0 Å². The molecular formula is C14H29NO2. The van der Waals surface area contributed by atoms with E-state index in [1.165, 1.54) is 44.9 Å². The molecule has 0 saturated carbocycles. The molecule has 3 heteroatoms. The summed E-state index contributed by atoms with van der Waals surface area (Å²) in [6, 6.07) is -0.191. The van der Waals surface area contributed by atoms with Gasteiger partial charge in [0.25, 0.3) is 0 Å². The average Bonchev–Trinajstić information content (AvgIpc) is 2.35. The number of unbranched alkanes of at least 4 members (excludes halogenated alkanes) is 7. The molecule has 0 spiro atoms. The van der Waals surface area contributed by atoms with Crippen LogP contribution < -0.4 is 5.32 Å². The van der Waals surface area contributed by atoms with Gasteiger partial charge in [-0.05, 0) is 20.4 Å². The molecule has 0 aromatic carbocycles. The number of rotatable bonds is 11. The summed E-state index contributed by atoms with van der Waals surface area (Å²) >= 11 is 0. The first-order valence-electron chi connectivity index (χ1n) is 7.06. The van der Waals surface area contributed by atoms with Crippen molar-refractivity contribution >= 4 is 5.97 Å². The molecule has 102 valence electrons. The number of carbonyl (C=O) groups excluding carboxylic acids is 1. The van der Waals surface area contributed by atoms with Gasteiger partial charge in [-0.1, -0.05) is 51.9 Å². The lowest BCUT2D eigenvalue weighted by Crippen LogP contribution is -2.32. The third-order valence-corrected chi connectivity index (χ3v) is 3.03. The van der Waals surface area contributed by atoms with Gasteiger partial charge in [0.05, 0.1) is 6.61 Å². The van der Waals surface area contributed by atoms with Gasteiger partial charge in [-0.2, -0.15) is 0 Å².